The smallest absolute Gasteiger partial charge is 0.142 e. The number of rotatable bonds is 3. The number of anilines is 1. The number of nitrogens with zero attached hydrogens (tertiary/aromatic N) is 4. The van der Waals surface area contributed by atoms with Crippen molar-refractivity contribution in [1.29, 1.82) is 0 Å². The maximum absolute atomic E-state index is 4.40. The molecule has 0 aliphatic rings. The number of nitrogens with one attached hydrogen (secondary N) is 2. The lowest BCUT2D eigenvalue weighted by Crippen LogP contribution is -2.18. The second kappa shape index (κ2) is 4.87. The van der Waals surface area contributed by atoms with Gasteiger partial charge in [-0.05, 0) is 12.1 Å². The molecule has 0 saturated heterocycles. The number of H-pyrrole nitrogens is 2. The molecular weight excluding hydrogens is 264 g/mol. The van der Waals surface area contributed by atoms with Gasteiger partial charge in [0.25, 0.3) is 0 Å². The van der Waals surface area contributed by atoms with Gasteiger partial charge in [0, 0.05) is 18.7 Å². The zero-order valence-corrected chi connectivity index (χ0v) is 12.8. The first-order valence-electron chi connectivity index (χ1n) is 6.99. The summed E-state index contributed by atoms with van der Waals surface area (Å²) in [4.78, 5) is 13.8. The number of aromatic amines is 2. The maximum Gasteiger partial charge on any atom is 0.142 e. The molecule has 0 spiro atoms. The molecule has 0 unspecified atom stereocenters. The lowest BCUT2D eigenvalue weighted by Gasteiger charge is -2.17. The van der Waals surface area contributed by atoms with E-state index < -0.39 is 0 Å². The van der Waals surface area contributed by atoms with Gasteiger partial charge < -0.3 is 9.88 Å². The van der Waals surface area contributed by atoms with E-state index in [0.717, 1.165) is 34.8 Å². The third kappa shape index (κ3) is 2.61. The Balaban J connectivity index is 1.85. The summed E-state index contributed by atoms with van der Waals surface area (Å²) in [5, 5.41) is 8.53. The lowest BCUT2D eigenvalue weighted by molar-refractivity contribution is 0.567. The van der Waals surface area contributed by atoms with Gasteiger partial charge in [-0.15, -0.1) is 0 Å². The first kappa shape index (κ1) is 13.6. The standard InChI is InChI=1S/C15H20N6/c1-15(2,3)12-7-10(19-20-12)8-21(4)14-11-5-6-16-13(11)17-9-18-14/h5-7,9H,8H2,1-4H3,(H,19,20)(H,16,17,18). The summed E-state index contributed by atoms with van der Waals surface area (Å²) >= 11 is 0. The van der Waals surface area contributed by atoms with Crippen LogP contribution in [0.15, 0.2) is 24.7 Å². The largest absolute Gasteiger partial charge is 0.353 e. The van der Waals surface area contributed by atoms with Crippen molar-refractivity contribution < 1.29 is 0 Å². The van der Waals surface area contributed by atoms with E-state index in [1.54, 1.807) is 6.33 Å². The SMILES string of the molecule is CN(Cc1cc(C(C)(C)C)n[nH]1)c1ncnc2[nH]ccc12. The fraction of sp³-hybridized carbons (Fsp3) is 0.400. The fourth-order valence-electron chi connectivity index (χ4n) is 2.32. The van der Waals surface area contributed by atoms with Crippen LogP contribution < -0.4 is 4.90 Å². The van der Waals surface area contributed by atoms with Crippen molar-refractivity contribution in [2.24, 2.45) is 0 Å². The molecule has 3 aromatic heterocycles. The zero-order chi connectivity index (χ0) is 15.0. The van der Waals surface area contributed by atoms with E-state index >= 15 is 0 Å². The van der Waals surface area contributed by atoms with Crippen LogP contribution in [0.5, 0.6) is 0 Å². The fourth-order valence-corrected chi connectivity index (χ4v) is 2.32. The van der Waals surface area contributed by atoms with Crippen molar-refractivity contribution in [2.75, 3.05) is 11.9 Å². The zero-order valence-electron chi connectivity index (χ0n) is 12.8. The third-order valence-electron chi connectivity index (χ3n) is 3.50. The highest BCUT2D eigenvalue weighted by atomic mass is 15.2. The van der Waals surface area contributed by atoms with Crippen molar-refractivity contribution in [1.82, 2.24) is 25.1 Å². The number of aromatic nitrogens is 5. The molecule has 0 saturated carbocycles. The normalized spacial score (nSPS) is 12.0. The Labute approximate surface area is 123 Å². The van der Waals surface area contributed by atoms with Gasteiger partial charge in [-0.25, -0.2) is 9.97 Å². The monoisotopic (exact) mass is 284 g/mol. The van der Waals surface area contributed by atoms with Crippen LogP contribution >= 0.6 is 0 Å². The van der Waals surface area contributed by atoms with Gasteiger partial charge in [-0.2, -0.15) is 5.10 Å². The Morgan fingerprint density at radius 2 is 2.05 bits per heavy atom. The molecule has 6 heteroatoms. The van der Waals surface area contributed by atoms with E-state index in [9.17, 15) is 0 Å². The minimum absolute atomic E-state index is 0.0517. The average Bonchev–Trinajstić information content (AvgIpc) is 3.05. The molecule has 0 fully saturated rings. The molecule has 0 aromatic carbocycles. The minimum Gasteiger partial charge on any atom is -0.353 e. The van der Waals surface area contributed by atoms with E-state index in [-0.39, 0.29) is 5.41 Å². The second-order valence-corrected chi connectivity index (χ2v) is 6.32. The Kier molecular flexibility index (Phi) is 3.16. The van der Waals surface area contributed by atoms with Crippen LogP contribution in [0.1, 0.15) is 32.2 Å². The van der Waals surface area contributed by atoms with Crippen LogP contribution in [0, 0.1) is 0 Å². The van der Waals surface area contributed by atoms with Gasteiger partial charge in [0.05, 0.1) is 23.3 Å². The first-order chi connectivity index (χ1) is 9.95. The van der Waals surface area contributed by atoms with Crippen molar-refractivity contribution >= 4 is 16.9 Å². The quantitative estimate of drug-likeness (QED) is 0.775. The summed E-state index contributed by atoms with van der Waals surface area (Å²) in [7, 11) is 2.02. The van der Waals surface area contributed by atoms with Crippen molar-refractivity contribution in [3.63, 3.8) is 0 Å². The van der Waals surface area contributed by atoms with Crippen molar-refractivity contribution in [3.8, 4) is 0 Å². The second-order valence-electron chi connectivity index (χ2n) is 6.32. The summed E-state index contributed by atoms with van der Waals surface area (Å²) in [5.74, 6) is 0.910. The Hall–Kier alpha value is -2.37. The van der Waals surface area contributed by atoms with Crippen LogP contribution in [0.2, 0.25) is 0 Å². The highest BCUT2D eigenvalue weighted by Gasteiger charge is 2.18. The molecule has 0 aliphatic carbocycles. The summed E-state index contributed by atoms with van der Waals surface area (Å²) in [6, 6.07) is 4.11. The molecule has 3 rings (SSSR count). The average molecular weight is 284 g/mol. The van der Waals surface area contributed by atoms with Crippen LogP contribution in [-0.2, 0) is 12.0 Å². The van der Waals surface area contributed by atoms with E-state index in [1.807, 2.05) is 19.3 Å². The first-order valence-corrected chi connectivity index (χ1v) is 6.99. The van der Waals surface area contributed by atoms with Crippen LogP contribution in [0.4, 0.5) is 5.82 Å². The summed E-state index contributed by atoms with van der Waals surface area (Å²) in [5.41, 5.74) is 3.05. The predicted octanol–water partition coefficient (Wildman–Crippen LogP) is 2.61. The highest BCUT2D eigenvalue weighted by molar-refractivity contribution is 5.87. The van der Waals surface area contributed by atoms with Crippen molar-refractivity contribution in [3.05, 3.63) is 36.0 Å². The number of hydrogen-bond donors (Lipinski definition) is 2. The lowest BCUT2D eigenvalue weighted by atomic mass is 9.92. The molecule has 21 heavy (non-hydrogen) atoms. The molecule has 3 aromatic rings. The molecule has 6 nitrogen and oxygen atoms in total. The van der Waals surface area contributed by atoms with Gasteiger partial charge in [0.2, 0.25) is 0 Å². The summed E-state index contributed by atoms with van der Waals surface area (Å²) < 4.78 is 0. The minimum atomic E-state index is 0.0517. The van der Waals surface area contributed by atoms with E-state index in [4.69, 9.17) is 0 Å². The molecule has 2 N–H and O–H groups in total. The predicted molar refractivity (Wildman–Crippen MR) is 83.3 cm³/mol. The Morgan fingerprint density at radius 1 is 1.24 bits per heavy atom. The molecule has 0 amide bonds. The topological polar surface area (TPSA) is 73.5 Å². The van der Waals surface area contributed by atoms with Gasteiger partial charge >= 0.3 is 0 Å². The van der Waals surface area contributed by atoms with Gasteiger partial charge in [-0.1, -0.05) is 20.8 Å². The van der Waals surface area contributed by atoms with Crippen molar-refractivity contribution in [2.45, 2.75) is 32.7 Å². The van der Waals surface area contributed by atoms with E-state index in [1.165, 1.54) is 0 Å². The molecule has 3 heterocycles. The van der Waals surface area contributed by atoms with Crippen LogP contribution in [-0.4, -0.2) is 32.2 Å². The molecule has 0 aliphatic heterocycles. The Morgan fingerprint density at radius 3 is 2.76 bits per heavy atom. The van der Waals surface area contributed by atoms with Gasteiger partial charge in [-0.3, -0.25) is 5.10 Å². The van der Waals surface area contributed by atoms with E-state index in [0.29, 0.717) is 0 Å². The maximum atomic E-state index is 4.40. The van der Waals surface area contributed by atoms with Gasteiger partial charge in [0.15, 0.2) is 0 Å². The van der Waals surface area contributed by atoms with Crippen LogP contribution in [0.3, 0.4) is 0 Å². The molecule has 0 atom stereocenters. The molecule has 110 valence electrons. The summed E-state index contributed by atoms with van der Waals surface area (Å²) in [6.45, 7) is 7.19. The van der Waals surface area contributed by atoms with E-state index in [2.05, 4.69) is 56.9 Å². The van der Waals surface area contributed by atoms with Gasteiger partial charge in [0.1, 0.15) is 17.8 Å². The summed E-state index contributed by atoms with van der Waals surface area (Å²) in [6.07, 6.45) is 3.46. The molecular formula is C15H20N6. The molecule has 0 bridgehead atoms. The Bertz CT molecular complexity index is 749. The third-order valence-corrected chi connectivity index (χ3v) is 3.50. The number of fused-ring (bicyclic) bond motifs is 1. The molecule has 0 radical (unpaired) electrons. The highest BCUT2D eigenvalue weighted by Crippen LogP contribution is 2.24. The number of hydrogen-bond acceptors (Lipinski definition) is 4. The van der Waals surface area contributed by atoms with Crippen LogP contribution in [0.25, 0.3) is 11.0 Å².